The van der Waals surface area contributed by atoms with E-state index in [2.05, 4.69) is 0 Å². The lowest BCUT2D eigenvalue weighted by atomic mass is 10.3. The molecule has 0 aliphatic carbocycles. The number of benzene rings is 1. The van der Waals surface area contributed by atoms with Crippen molar-refractivity contribution in [1.29, 1.82) is 0 Å². The lowest BCUT2D eigenvalue weighted by Gasteiger charge is -1.88. The van der Waals surface area contributed by atoms with Gasteiger partial charge in [0.2, 0.25) is 0 Å². The first-order valence-electron chi connectivity index (χ1n) is 2.45. The molecule has 1 aromatic rings. The molecule has 0 aliphatic heterocycles. The molecular weight excluding hydrogens is 135 g/mol. The predicted octanol–water partition coefficient (Wildman–Crippen LogP) is 1.31. The standard InChI is InChI=1S/C6H5O2P/c7-5-2-1-3-6(4-5)9-8/h1-4,7H. The quantitative estimate of drug-likeness (QED) is 0.597. The van der Waals surface area contributed by atoms with Crippen LogP contribution in [-0.2, 0) is 4.57 Å². The Balaban J connectivity index is 3.07. The van der Waals surface area contributed by atoms with Gasteiger partial charge in [-0.25, -0.2) is 0 Å². The number of hydrogen-bond donors (Lipinski definition) is 1. The largest absolute Gasteiger partial charge is 0.508 e. The maximum absolute atomic E-state index is 10.1. The molecule has 0 aromatic heterocycles. The summed E-state index contributed by atoms with van der Waals surface area (Å²) in [7, 11) is -0.0553. The molecule has 1 N–H and O–H groups in total. The highest BCUT2D eigenvalue weighted by Gasteiger charge is 1.89. The smallest absolute Gasteiger partial charge is 0.192 e. The number of phenols is 1. The van der Waals surface area contributed by atoms with Crippen molar-refractivity contribution in [3.05, 3.63) is 24.3 Å². The Morgan fingerprint density at radius 2 is 2.22 bits per heavy atom. The van der Waals surface area contributed by atoms with Gasteiger partial charge in [-0.1, -0.05) is 6.07 Å². The lowest BCUT2D eigenvalue weighted by molar-refractivity contribution is 0.476. The van der Waals surface area contributed by atoms with Crippen LogP contribution in [-0.4, -0.2) is 5.11 Å². The minimum Gasteiger partial charge on any atom is -0.508 e. The van der Waals surface area contributed by atoms with Crippen molar-refractivity contribution in [3.63, 3.8) is 0 Å². The summed E-state index contributed by atoms with van der Waals surface area (Å²) in [5.41, 5.74) is 0. The van der Waals surface area contributed by atoms with E-state index in [0.717, 1.165) is 0 Å². The lowest BCUT2D eigenvalue weighted by Crippen LogP contribution is -1.86. The second-order valence-corrected chi connectivity index (χ2v) is 2.31. The molecule has 0 saturated heterocycles. The van der Waals surface area contributed by atoms with Gasteiger partial charge in [0.25, 0.3) is 0 Å². The Kier molecular flexibility index (Phi) is 1.81. The Hall–Kier alpha value is -0.880. The topological polar surface area (TPSA) is 37.3 Å². The molecule has 1 rings (SSSR count). The summed E-state index contributed by atoms with van der Waals surface area (Å²) in [5.74, 6) is 0.149. The third-order valence-corrected chi connectivity index (χ3v) is 1.42. The fourth-order valence-electron chi connectivity index (χ4n) is 0.550. The van der Waals surface area contributed by atoms with Gasteiger partial charge in [0.05, 0.1) is 0 Å². The van der Waals surface area contributed by atoms with Crippen molar-refractivity contribution < 1.29 is 9.67 Å². The third-order valence-electron chi connectivity index (χ3n) is 0.935. The zero-order valence-electron chi connectivity index (χ0n) is 4.61. The number of rotatable bonds is 1. The van der Waals surface area contributed by atoms with E-state index in [0.29, 0.717) is 5.30 Å². The number of aromatic hydroxyl groups is 1. The van der Waals surface area contributed by atoms with Crippen LogP contribution in [0, 0.1) is 0 Å². The Morgan fingerprint density at radius 3 is 2.67 bits per heavy atom. The minimum absolute atomic E-state index is 0.0553. The Bertz CT molecular complexity index is 222. The molecule has 0 heterocycles. The summed E-state index contributed by atoms with van der Waals surface area (Å²) >= 11 is 0. The normalized spacial score (nSPS) is 9.78. The van der Waals surface area contributed by atoms with Crippen molar-refractivity contribution in [1.82, 2.24) is 0 Å². The van der Waals surface area contributed by atoms with Gasteiger partial charge >= 0.3 is 0 Å². The first-order chi connectivity index (χ1) is 4.33. The number of hydrogen-bond acceptors (Lipinski definition) is 2. The molecule has 0 bridgehead atoms. The van der Waals surface area contributed by atoms with Gasteiger partial charge < -0.3 is 5.11 Å². The minimum atomic E-state index is -0.0553. The first-order valence-corrected chi connectivity index (χ1v) is 3.26. The summed E-state index contributed by atoms with van der Waals surface area (Å²) in [6.45, 7) is 0. The molecule has 0 atom stereocenters. The summed E-state index contributed by atoms with van der Waals surface area (Å²) in [6, 6.07) is 6.31. The fourth-order valence-corrected chi connectivity index (χ4v) is 0.882. The van der Waals surface area contributed by atoms with Gasteiger partial charge in [0.1, 0.15) is 5.75 Å². The van der Waals surface area contributed by atoms with Crippen molar-refractivity contribution in [3.8, 4) is 5.75 Å². The van der Waals surface area contributed by atoms with Crippen LogP contribution >= 0.6 is 8.46 Å². The molecule has 0 spiro atoms. The van der Waals surface area contributed by atoms with Gasteiger partial charge in [-0.15, -0.1) is 0 Å². The summed E-state index contributed by atoms with van der Waals surface area (Å²) < 4.78 is 10.1. The van der Waals surface area contributed by atoms with E-state index in [1.165, 1.54) is 12.1 Å². The highest BCUT2D eigenvalue weighted by Crippen LogP contribution is 2.06. The van der Waals surface area contributed by atoms with E-state index < -0.39 is 0 Å². The average molecular weight is 140 g/mol. The molecule has 0 fully saturated rings. The molecule has 0 unspecified atom stereocenters. The van der Waals surface area contributed by atoms with E-state index in [9.17, 15) is 4.57 Å². The van der Waals surface area contributed by atoms with Crippen molar-refractivity contribution in [2.45, 2.75) is 0 Å². The molecule has 0 aliphatic rings. The van der Waals surface area contributed by atoms with Crippen molar-refractivity contribution in [2.75, 3.05) is 0 Å². The van der Waals surface area contributed by atoms with Crippen LogP contribution in [0.4, 0.5) is 0 Å². The van der Waals surface area contributed by atoms with Gasteiger partial charge in [0.15, 0.2) is 8.46 Å². The van der Waals surface area contributed by atoms with Crippen LogP contribution in [0.3, 0.4) is 0 Å². The fraction of sp³-hybridized carbons (Fsp3) is 0. The zero-order chi connectivity index (χ0) is 6.69. The van der Waals surface area contributed by atoms with Gasteiger partial charge in [-0.05, 0) is 18.2 Å². The van der Waals surface area contributed by atoms with Crippen molar-refractivity contribution in [2.24, 2.45) is 0 Å². The van der Waals surface area contributed by atoms with Gasteiger partial charge in [0, 0.05) is 5.30 Å². The molecule has 0 saturated carbocycles. The Labute approximate surface area is 54.3 Å². The molecule has 2 nitrogen and oxygen atoms in total. The average Bonchev–Trinajstić information content (AvgIpc) is 1.88. The molecule has 1 aromatic carbocycles. The third kappa shape index (κ3) is 1.51. The first kappa shape index (κ1) is 6.24. The van der Waals surface area contributed by atoms with Crippen LogP contribution in [0.25, 0.3) is 0 Å². The van der Waals surface area contributed by atoms with Crippen molar-refractivity contribution >= 4 is 13.8 Å². The maximum atomic E-state index is 10.1. The Morgan fingerprint density at radius 1 is 1.44 bits per heavy atom. The van der Waals surface area contributed by atoms with Crippen LogP contribution in [0.15, 0.2) is 24.3 Å². The summed E-state index contributed by atoms with van der Waals surface area (Å²) in [4.78, 5) is 0. The molecule has 0 radical (unpaired) electrons. The van der Waals surface area contributed by atoms with E-state index in [1.54, 1.807) is 12.1 Å². The van der Waals surface area contributed by atoms with Crippen LogP contribution in [0.1, 0.15) is 0 Å². The molecule has 3 heteroatoms. The highest BCUT2D eigenvalue weighted by molar-refractivity contribution is 7.34. The molecule has 0 amide bonds. The second kappa shape index (κ2) is 2.60. The molecule has 9 heavy (non-hydrogen) atoms. The number of phenolic OH excluding ortho intramolecular Hbond substituents is 1. The van der Waals surface area contributed by atoms with Crippen LogP contribution in [0.2, 0.25) is 0 Å². The van der Waals surface area contributed by atoms with Gasteiger partial charge in [-0.2, -0.15) is 0 Å². The van der Waals surface area contributed by atoms with E-state index >= 15 is 0 Å². The predicted molar refractivity (Wildman–Crippen MR) is 35.3 cm³/mol. The summed E-state index contributed by atoms with van der Waals surface area (Å²) in [5, 5.41) is 9.39. The van der Waals surface area contributed by atoms with Crippen LogP contribution in [0.5, 0.6) is 5.75 Å². The SMILES string of the molecule is O=Pc1cccc(O)c1. The van der Waals surface area contributed by atoms with E-state index in [4.69, 9.17) is 5.11 Å². The summed E-state index contributed by atoms with van der Waals surface area (Å²) in [6.07, 6.45) is 0. The van der Waals surface area contributed by atoms with Gasteiger partial charge in [-0.3, -0.25) is 4.57 Å². The zero-order valence-corrected chi connectivity index (χ0v) is 5.51. The molecular formula is C6H5O2P. The maximum Gasteiger partial charge on any atom is 0.192 e. The molecule has 46 valence electrons. The van der Waals surface area contributed by atoms with Crippen LogP contribution < -0.4 is 5.30 Å². The van der Waals surface area contributed by atoms with E-state index in [-0.39, 0.29) is 14.2 Å². The van der Waals surface area contributed by atoms with E-state index in [1.807, 2.05) is 0 Å². The second-order valence-electron chi connectivity index (χ2n) is 1.61. The highest BCUT2D eigenvalue weighted by atomic mass is 31.1. The monoisotopic (exact) mass is 140 g/mol.